The van der Waals surface area contributed by atoms with Gasteiger partial charge in [-0.2, -0.15) is 0 Å². The lowest BCUT2D eigenvalue weighted by atomic mass is 10.0. The molecule has 4 heteroatoms. The summed E-state index contributed by atoms with van der Waals surface area (Å²) in [4.78, 5) is 13.0. The van der Waals surface area contributed by atoms with Gasteiger partial charge in [0.05, 0.1) is 0 Å². The largest absolute Gasteiger partial charge is 0.480 e. The number of hydrogen-bond donors (Lipinski definition) is 1. The lowest BCUT2D eigenvalue weighted by molar-refractivity contribution is -0.143. The average Bonchev–Trinajstić information content (AvgIpc) is 2.46. The van der Waals surface area contributed by atoms with E-state index in [1.165, 1.54) is 5.54 Å². The van der Waals surface area contributed by atoms with Gasteiger partial charge in [-0.05, 0) is 31.4 Å². The van der Waals surface area contributed by atoms with E-state index in [0.29, 0.717) is 6.54 Å². The minimum Gasteiger partial charge on any atom is -0.480 e. The van der Waals surface area contributed by atoms with E-state index >= 15 is 0 Å². The Balaban J connectivity index is 2.65. The molecule has 1 aliphatic heterocycles. The third-order valence-corrected chi connectivity index (χ3v) is 3.07. The van der Waals surface area contributed by atoms with Gasteiger partial charge in [0, 0.05) is 12.1 Å². The van der Waals surface area contributed by atoms with Crippen LogP contribution in [0.2, 0.25) is 0 Å². The van der Waals surface area contributed by atoms with Crippen LogP contribution in [0.25, 0.3) is 0 Å². The quantitative estimate of drug-likeness (QED) is 0.786. The molecule has 0 amide bonds. The number of halogens is 1. The first-order valence-electron chi connectivity index (χ1n) is 4.79. The number of carboxylic acid groups (broad SMARTS) is 1. The Bertz CT molecular complexity index is 253. The third kappa shape index (κ3) is 2.49. The molecule has 1 N–H and O–H groups in total. The van der Waals surface area contributed by atoms with Crippen molar-refractivity contribution in [3.8, 4) is 0 Å². The number of nitrogens with zero attached hydrogens (tertiary/aromatic N) is 1. The van der Waals surface area contributed by atoms with Gasteiger partial charge >= 0.3 is 5.97 Å². The van der Waals surface area contributed by atoms with Crippen molar-refractivity contribution in [2.24, 2.45) is 5.92 Å². The van der Waals surface area contributed by atoms with Crippen molar-refractivity contribution in [1.29, 1.82) is 0 Å². The van der Waals surface area contributed by atoms with Gasteiger partial charge in [-0.1, -0.05) is 18.5 Å². The molecule has 1 fully saturated rings. The first kappa shape index (κ1) is 11.5. The van der Waals surface area contributed by atoms with Crippen LogP contribution in [-0.2, 0) is 4.79 Å². The minimum absolute atomic E-state index is 0.232. The predicted molar refractivity (Wildman–Crippen MR) is 56.4 cm³/mol. The Labute approximate surface area is 89.3 Å². The Hall–Kier alpha value is -0.540. The van der Waals surface area contributed by atoms with Crippen molar-refractivity contribution in [1.82, 2.24) is 4.90 Å². The number of hydrogen-bond acceptors (Lipinski definition) is 2. The van der Waals surface area contributed by atoms with Gasteiger partial charge in [0.15, 0.2) is 0 Å². The van der Waals surface area contributed by atoms with E-state index in [4.69, 9.17) is 16.7 Å². The molecule has 1 saturated heterocycles. The van der Waals surface area contributed by atoms with Crippen molar-refractivity contribution >= 4 is 17.6 Å². The molecule has 3 nitrogen and oxygen atoms in total. The highest BCUT2D eigenvalue weighted by atomic mass is 35.5. The standard InChI is InChI=1S/C10H16ClNO2/c1-7(5-11)6-12-4-3-8(2)9(12)10(13)14/h5,8-9H,3-4,6H2,1-2H3,(H,13,14). The van der Waals surface area contributed by atoms with Crippen LogP contribution < -0.4 is 0 Å². The van der Waals surface area contributed by atoms with Gasteiger partial charge in [-0.15, -0.1) is 0 Å². The smallest absolute Gasteiger partial charge is 0.321 e. The first-order chi connectivity index (χ1) is 6.56. The van der Waals surface area contributed by atoms with Gasteiger partial charge in [-0.3, -0.25) is 9.69 Å². The molecule has 1 aliphatic rings. The maximum absolute atomic E-state index is 11.0. The van der Waals surface area contributed by atoms with Crippen LogP contribution in [0, 0.1) is 5.92 Å². The number of carbonyl (C=O) groups is 1. The number of carboxylic acids is 1. The molecule has 2 atom stereocenters. The zero-order valence-electron chi connectivity index (χ0n) is 8.53. The van der Waals surface area contributed by atoms with E-state index in [9.17, 15) is 4.79 Å². The van der Waals surface area contributed by atoms with Crippen molar-refractivity contribution in [2.45, 2.75) is 26.3 Å². The van der Waals surface area contributed by atoms with Gasteiger partial charge in [-0.25, -0.2) is 0 Å². The zero-order valence-corrected chi connectivity index (χ0v) is 9.29. The molecular formula is C10H16ClNO2. The molecule has 1 rings (SSSR count). The summed E-state index contributed by atoms with van der Waals surface area (Å²) in [7, 11) is 0. The molecule has 2 unspecified atom stereocenters. The third-order valence-electron chi connectivity index (χ3n) is 2.70. The normalized spacial score (nSPS) is 29.5. The Morgan fingerprint density at radius 2 is 2.36 bits per heavy atom. The van der Waals surface area contributed by atoms with Crippen LogP contribution in [-0.4, -0.2) is 35.1 Å². The summed E-state index contributed by atoms with van der Waals surface area (Å²) in [6.07, 6.45) is 0.951. The highest BCUT2D eigenvalue weighted by molar-refractivity contribution is 6.25. The molecular weight excluding hydrogens is 202 g/mol. The van der Waals surface area contributed by atoms with Crippen LogP contribution in [0.15, 0.2) is 11.1 Å². The fourth-order valence-corrected chi connectivity index (χ4v) is 2.03. The molecule has 0 aromatic carbocycles. The lowest BCUT2D eigenvalue weighted by Gasteiger charge is -2.22. The second-order valence-corrected chi connectivity index (χ2v) is 4.19. The second-order valence-electron chi connectivity index (χ2n) is 3.97. The number of likely N-dealkylation sites (tertiary alicyclic amines) is 1. The van der Waals surface area contributed by atoms with Crippen molar-refractivity contribution in [3.05, 3.63) is 11.1 Å². The molecule has 0 aliphatic carbocycles. The maximum atomic E-state index is 11.0. The van der Waals surface area contributed by atoms with E-state index in [2.05, 4.69) is 0 Å². The fraction of sp³-hybridized carbons (Fsp3) is 0.700. The molecule has 0 aromatic heterocycles. The first-order valence-corrected chi connectivity index (χ1v) is 5.22. The van der Waals surface area contributed by atoms with E-state index < -0.39 is 5.97 Å². The molecule has 0 radical (unpaired) electrons. The van der Waals surface area contributed by atoms with Gasteiger partial charge in [0.2, 0.25) is 0 Å². The Morgan fingerprint density at radius 3 is 2.86 bits per heavy atom. The fourth-order valence-electron chi connectivity index (χ4n) is 1.96. The predicted octanol–water partition coefficient (Wildman–Crippen LogP) is 1.92. The summed E-state index contributed by atoms with van der Waals surface area (Å²) in [6.45, 7) is 5.40. The Kier molecular flexibility index (Phi) is 3.96. The molecule has 1 heterocycles. The maximum Gasteiger partial charge on any atom is 0.321 e. The number of aliphatic carboxylic acids is 1. The van der Waals surface area contributed by atoms with E-state index in [0.717, 1.165) is 18.5 Å². The monoisotopic (exact) mass is 217 g/mol. The van der Waals surface area contributed by atoms with Gasteiger partial charge < -0.3 is 5.11 Å². The van der Waals surface area contributed by atoms with Crippen LogP contribution >= 0.6 is 11.6 Å². The lowest BCUT2D eigenvalue weighted by Crippen LogP contribution is -2.39. The van der Waals surface area contributed by atoms with E-state index in [-0.39, 0.29) is 12.0 Å². The molecule has 0 spiro atoms. The minimum atomic E-state index is -0.725. The highest BCUT2D eigenvalue weighted by Crippen LogP contribution is 2.24. The molecule has 0 bridgehead atoms. The molecule has 14 heavy (non-hydrogen) atoms. The van der Waals surface area contributed by atoms with Crippen molar-refractivity contribution < 1.29 is 9.90 Å². The van der Waals surface area contributed by atoms with Crippen LogP contribution in [0.1, 0.15) is 20.3 Å². The molecule has 0 aromatic rings. The molecule has 80 valence electrons. The summed E-state index contributed by atoms with van der Waals surface area (Å²) in [6, 6.07) is -0.346. The Morgan fingerprint density at radius 1 is 1.71 bits per heavy atom. The van der Waals surface area contributed by atoms with Crippen molar-refractivity contribution in [2.75, 3.05) is 13.1 Å². The summed E-state index contributed by atoms with van der Waals surface area (Å²) in [5.41, 5.74) is 2.52. The summed E-state index contributed by atoms with van der Waals surface area (Å²) in [5, 5.41) is 9.05. The van der Waals surface area contributed by atoms with Crippen LogP contribution in [0.4, 0.5) is 0 Å². The average molecular weight is 218 g/mol. The van der Waals surface area contributed by atoms with Crippen molar-refractivity contribution in [3.63, 3.8) is 0 Å². The van der Waals surface area contributed by atoms with Crippen LogP contribution in [0.3, 0.4) is 0 Å². The van der Waals surface area contributed by atoms with Crippen LogP contribution in [0.5, 0.6) is 0 Å². The van der Waals surface area contributed by atoms with Gasteiger partial charge in [0.25, 0.3) is 0 Å². The number of rotatable bonds is 3. The summed E-state index contributed by atoms with van der Waals surface area (Å²) < 4.78 is 0. The van der Waals surface area contributed by atoms with Gasteiger partial charge in [0.1, 0.15) is 6.04 Å². The topological polar surface area (TPSA) is 40.5 Å². The second kappa shape index (κ2) is 4.80. The van der Waals surface area contributed by atoms with E-state index in [1.807, 2.05) is 18.7 Å². The SMILES string of the molecule is CC(=CCl)CN1CCC(C)C1C(=O)O. The van der Waals surface area contributed by atoms with E-state index in [1.54, 1.807) is 0 Å². The molecule has 0 saturated carbocycles. The summed E-state index contributed by atoms with van der Waals surface area (Å²) >= 11 is 5.56. The summed E-state index contributed by atoms with van der Waals surface area (Å²) in [5.74, 6) is -0.493. The zero-order chi connectivity index (χ0) is 10.7. The highest BCUT2D eigenvalue weighted by Gasteiger charge is 2.36.